The van der Waals surface area contributed by atoms with Crippen LogP contribution in [-0.4, -0.2) is 29.0 Å². The summed E-state index contributed by atoms with van der Waals surface area (Å²) in [5, 5.41) is 2.28. The van der Waals surface area contributed by atoms with E-state index in [-0.39, 0.29) is 5.57 Å². The summed E-state index contributed by atoms with van der Waals surface area (Å²) in [7, 11) is 0. The van der Waals surface area contributed by atoms with Crippen LogP contribution >= 0.6 is 0 Å². The Bertz CT molecular complexity index is 1270. The molecule has 0 spiro atoms. The van der Waals surface area contributed by atoms with E-state index in [2.05, 4.69) is 31.3 Å². The van der Waals surface area contributed by atoms with Crippen LogP contribution in [0.3, 0.4) is 0 Å². The predicted octanol–water partition coefficient (Wildman–Crippen LogP) is 5.31. The van der Waals surface area contributed by atoms with Crippen molar-refractivity contribution in [2.24, 2.45) is 0 Å². The monoisotopic (exact) mass is 485 g/mol. The molecule has 0 radical (unpaired) electrons. The van der Waals surface area contributed by atoms with Crippen molar-refractivity contribution in [2.45, 2.75) is 46.1 Å². The molecule has 1 aromatic heterocycles. The molecule has 4 amide bonds. The third kappa shape index (κ3) is 5.40. The first kappa shape index (κ1) is 25.0. The number of ether oxygens (including phenoxy) is 1. The van der Waals surface area contributed by atoms with Crippen LogP contribution in [0.4, 0.5) is 10.5 Å². The van der Waals surface area contributed by atoms with E-state index in [1.54, 1.807) is 12.1 Å². The molecule has 7 heteroatoms. The maximum Gasteiger partial charge on any atom is 0.335 e. The second-order valence-electron chi connectivity index (χ2n) is 8.83. The van der Waals surface area contributed by atoms with Gasteiger partial charge in [-0.05, 0) is 72.4 Å². The second-order valence-corrected chi connectivity index (χ2v) is 8.83. The summed E-state index contributed by atoms with van der Waals surface area (Å²) in [6.07, 6.45) is 5.30. The number of rotatable bonds is 9. The van der Waals surface area contributed by atoms with Crippen LogP contribution in [0.15, 0.2) is 72.4 Å². The zero-order chi connectivity index (χ0) is 25.7. The Morgan fingerprint density at radius 1 is 0.972 bits per heavy atom. The summed E-state index contributed by atoms with van der Waals surface area (Å²) in [4.78, 5) is 39.2. The molecule has 7 nitrogen and oxygen atoms in total. The number of aromatic nitrogens is 1. The van der Waals surface area contributed by atoms with Crippen molar-refractivity contribution in [2.75, 3.05) is 11.5 Å². The number of nitrogens with one attached hydrogen (secondary N) is 1. The number of nitrogens with zero attached hydrogens (tertiary/aromatic N) is 2. The summed E-state index contributed by atoms with van der Waals surface area (Å²) in [6.45, 7) is 7.34. The number of aryl methyl sites for hydroxylation is 1. The third-order valence-corrected chi connectivity index (χ3v) is 6.52. The Kier molecular flexibility index (Phi) is 7.68. The Hall–Kier alpha value is -4.13. The van der Waals surface area contributed by atoms with E-state index in [0.717, 1.165) is 29.1 Å². The first-order valence-electron chi connectivity index (χ1n) is 12.3. The average Bonchev–Trinajstić information content (AvgIpc) is 3.33. The van der Waals surface area contributed by atoms with E-state index in [0.29, 0.717) is 30.5 Å². The number of benzene rings is 2. The van der Waals surface area contributed by atoms with Gasteiger partial charge in [-0.1, -0.05) is 45.0 Å². The van der Waals surface area contributed by atoms with Gasteiger partial charge in [-0.25, -0.2) is 9.69 Å². The number of imide groups is 2. The quantitative estimate of drug-likeness (QED) is 0.329. The maximum absolute atomic E-state index is 13.2. The van der Waals surface area contributed by atoms with E-state index in [4.69, 9.17) is 4.74 Å². The van der Waals surface area contributed by atoms with E-state index in [1.807, 2.05) is 54.1 Å². The fourth-order valence-electron chi connectivity index (χ4n) is 4.07. The summed E-state index contributed by atoms with van der Waals surface area (Å²) < 4.78 is 7.80. The molecule has 0 saturated carbocycles. The molecule has 1 unspecified atom stereocenters. The molecular weight excluding hydrogens is 454 g/mol. The van der Waals surface area contributed by atoms with Gasteiger partial charge in [-0.2, -0.15) is 0 Å². The van der Waals surface area contributed by atoms with Crippen LogP contribution in [0.1, 0.15) is 49.9 Å². The highest BCUT2D eigenvalue weighted by atomic mass is 16.5. The van der Waals surface area contributed by atoms with Crippen LogP contribution in [0.25, 0.3) is 6.08 Å². The highest BCUT2D eigenvalue weighted by molar-refractivity contribution is 6.39. The Morgan fingerprint density at radius 2 is 1.69 bits per heavy atom. The molecule has 0 bridgehead atoms. The molecule has 1 aliphatic heterocycles. The van der Waals surface area contributed by atoms with Gasteiger partial charge < -0.3 is 9.30 Å². The molecule has 0 aliphatic carbocycles. The molecule has 1 N–H and O–H groups in total. The molecule has 1 atom stereocenters. The SMILES string of the molecule is CCc1ccc(N2C(=O)NC(=O)C(=Cc3cccn3CCOc3ccc(C(C)CC)cc3)C2=O)cc1. The lowest BCUT2D eigenvalue weighted by Crippen LogP contribution is -2.54. The van der Waals surface area contributed by atoms with Gasteiger partial charge in [0, 0.05) is 11.9 Å². The lowest BCUT2D eigenvalue weighted by molar-refractivity contribution is -0.122. The number of barbiturate groups is 1. The van der Waals surface area contributed by atoms with E-state index in [1.165, 1.54) is 11.6 Å². The van der Waals surface area contributed by atoms with Crippen LogP contribution in [0.2, 0.25) is 0 Å². The van der Waals surface area contributed by atoms with Gasteiger partial charge in [0.1, 0.15) is 17.9 Å². The van der Waals surface area contributed by atoms with Crippen molar-refractivity contribution >= 4 is 29.6 Å². The van der Waals surface area contributed by atoms with Crippen LogP contribution in [0.5, 0.6) is 5.75 Å². The van der Waals surface area contributed by atoms with Gasteiger partial charge in [0.2, 0.25) is 0 Å². The molecular formula is C29H31N3O4. The van der Waals surface area contributed by atoms with Crippen LogP contribution < -0.4 is 15.0 Å². The van der Waals surface area contributed by atoms with Crippen molar-refractivity contribution in [1.82, 2.24) is 9.88 Å². The molecule has 36 heavy (non-hydrogen) atoms. The number of anilines is 1. The van der Waals surface area contributed by atoms with E-state index in [9.17, 15) is 14.4 Å². The van der Waals surface area contributed by atoms with E-state index < -0.39 is 17.8 Å². The van der Waals surface area contributed by atoms with Crippen molar-refractivity contribution < 1.29 is 19.1 Å². The van der Waals surface area contributed by atoms with Gasteiger partial charge >= 0.3 is 6.03 Å². The fourth-order valence-corrected chi connectivity index (χ4v) is 4.07. The minimum Gasteiger partial charge on any atom is -0.492 e. The van der Waals surface area contributed by atoms with E-state index >= 15 is 0 Å². The maximum atomic E-state index is 13.2. The Balaban J connectivity index is 1.47. The van der Waals surface area contributed by atoms with Gasteiger partial charge in [0.15, 0.2) is 0 Å². The predicted molar refractivity (Wildman–Crippen MR) is 140 cm³/mol. The normalized spacial score (nSPS) is 15.8. The average molecular weight is 486 g/mol. The molecule has 186 valence electrons. The fraction of sp³-hybridized carbons (Fsp3) is 0.276. The first-order chi connectivity index (χ1) is 17.4. The molecule has 3 aromatic rings. The third-order valence-electron chi connectivity index (χ3n) is 6.52. The standard InChI is InChI=1S/C29H31N3O4/c1-4-20(3)22-10-14-25(15-11-22)36-18-17-31-16-6-7-24(31)19-26-27(33)30-29(35)32(28(26)34)23-12-8-21(5-2)9-13-23/h6-16,19-20H,4-5,17-18H2,1-3H3,(H,30,33,35). The van der Waals surface area contributed by atoms with Crippen LogP contribution in [-0.2, 0) is 22.6 Å². The zero-order valence-electron chi connectivity index (χ0n) is 20.9. The molecule has 4 rings (SSSR count). The summed E-state index contributed by atoms with van der Waals surface area (Å²) in [5.74, 6) is -0.0643. The smallest absolute Gasteiger partial charge is 0.335 e. The number of carbonyl (C=O) groups is 3. The summed E-state index contributed by atoms with van der Waals surface area (Å²) in [5.41, 5.74) is 3.35. The number of urea groups is 1. The largest absolute Gasteiger partial charge is 0.492 e. The molecule has 2 heterocycles. The van der Waals surface area contributed by atoms with Crippen molar-refractivity contribution in [3.63, 3.8) is 0 Å². The minimum absolute atomic E-state index is 0.101. The van der Waals surface area contributed by atoms with Gasteiger partial charge in [-0.3, -0.25) is 14.9 Å². The minimum atomic E-state index is -0.755. The Labute approximate surface area is 211 Å². The number of hydrogen-bond donors (Lipinski definition) is 1. The molecule has 1 saturated heterocycles. The molecule has 1 aliphatic rings. The van der Waals surface area contributed by atoms with Gasteiger partial charge in [-0.15, -0.1) is 0 Å². The topological polar surface area (TPSA) is 80.6 Å². The molecule has 2 aromatic carbocycles. The lowest BCUT2D eigenvalue weighted by Gasteiger charge is -2.26. The lowest BCUT2D eigenvalue weighted by atomic mass is 9.99. The highest BCUT2D eigenvalue weighted by Crippen LogP contribution is 2.24. The Morgan fingerprint density at radius 3 is 2.36 bits per heavy atom. The highest BCUT2D eigenvalue weighted by Gasteiger charge is 2.36. The second kappa shape index (κ2) is 11.1. The zero-order valence-corrected chi connectivity index (χ0v) is 20.9. The summed E-state index contributed by atoms with van der Waals surface area (Å²) in [6, 6.07) is 18.2. The van der Waals surface area contributed by atoms with Crippen molar-refractivity contribution in [3.8, 4) is 5.75 Å². The van der Waals surface area contributed by atoms with Gasteiger partial charge in [0.25, 0.3) is 11.8 Å². The number of carbonyl (C=O) groups excluding carboxylic acids is 3. The van der Waals surface area contributed by atoms with Crippen molar-refractivity contribution in [1.29, 1.82) is 0 Å². The molecule has 1 fully saturated rings. The number of amides is 4. The van der Waals surface area contributed by atoms with Crippen LogP contribution in [0, 0.1) is 0 Å². The summed E-state index contributed by atoms with van der Waals surface area (Å²) >= 11 is 0. The van der Waals surface area contributed by atoms with Crippen molar-refractivity contribution in [3.05, 3.63) is 89.3 Å². The number of hydrogen-bond acceptors (Lipinski definition) is 4. The first-order valence-corrected chi connectivity index (χ1v) is 12.3. The van der Waals surface area contributed by atoms with Gasteiger partial charge in [0.05, 0.1) is 12.2 Å².